The molecule has 0 aliphatic carbocycles. The molecule has 2 rings (SSSR count). The summed E-state index contributed by atoms with van der Waals surface area (Å²) >= 11 is 0. The monoisotopic (exact) mass is 281 g/mol. The number of likely N-dealkylation sites (N-methyl/N-ethyl adjacent to an activating group) is 1. The van der Waals surface area contributed by atoms with Crippen molar-refractivity contribution in [3.05, 3.63) is 29.6 Å². The lowest BCUT2D eigenvalue weighted by Gasteiger charge is -2.21. The highest BCUT2D eigenvalue weighted by Crippen LogP contribution is 2.23. The molecule has 4 heteroatoms. The van der Waals surface area contributed by atoms with E-state index in [0.29, 0.717) is 23.8 Å². The van der Waals surface area contributed by atoms with Gasteiger partial charge in [0.05, 0.1) is 13.2 Å². The fourth-order valence-corrected chi connectivity index (χ4v) is 2.81. The highest BCUT2D eigenvalue weighted by Gasteiger charge is 2.22. The first-order chi connectivity index (χ1) is 9.74. The average molecular weight is 281 g/mol. The second-order valence-electron chi connectivity index (χ2n) is 5.26. The van der Waals surface area contributed by atoms with Crippen molar-refractivity contribution < 1.29 is 13.9 Å². The van der Waals surface area contributed by atoms with E-state index < -0.39 is 0 Å². The molecule has 1 aliphatic rings. The average Bonchev–Trinajstić information content (AvgIpc) is 2.94. The molecule has 1 aromatic rings. The molecule has 2 atom stereocenters. The molecule has 3 nitrogen and oxygen atoms in total. The van der Waals surface area contributed by atoms with Crippen LogP contribution < -0.4 is 10.1 Å². The van der Waals surface area contributed by atoms with Crippen molar-refractivity contribution in [1.29, 1.82) is 0 Å². The second kappa shape index (κ2) is 7.60. The predicted octanol–water partition coefficient (Wildman–Crippen LogP) is 2.92. The van der Waals surface area contributed by atoms with Gasteiger partial charge in [-0.15, -0.1) is 0 Å². The van der Waals surface area contributed by atoms with Crippen molar-refractivity contribution in [2.75, 3.05) is 20.3 Å². The summed E-state index contributed by atoms with van der Waals surface area (Å²) in [6.45, 7) is 3.81. The molecule has 0 spiro atoms. The Morgan fingerprint density at radius 2 is 2.35 bits per heavy atom. The summed E-state index contributed by atoms with van der Waals surface area (Å²) < 4.78 is 24.9. The maximum Gasteiger partial charge on any atom is 0.168 e. The van der Waals surface area contributed by atoms with Crippen molar-refractivity contribution in [2.24, 2.45) is 0 Å². The number of rotatable bonds is 7. The van der Waals surface area contributed by atoms with Gasteiger partial charge in [0.15, 0.2) is 11.6 Å². The fourth-order valence-electron chi connectivity index (χ4n) is 2.81. The van der Waals surface area contributed by atoms with Crippen LogP contribution in [0.25, 0.3) is 0 Å². The van der Waals surface area contributed by atoms with Gasteiger partial charge in [-0.3, -0.25) is 0 Å². The molecule has 1 saturated heterocycles. The second-order valence-corrected chi connectivity index (χ2v) is 5.26. The third-order valence-electron chi connectivity index (χ3n) is 3.79. The van der Waals surface area contributed by atoms with Crippen LogP contribution in [0.4, 0.5) is 4.39 Å². The van der Waals surface area contributed by atoms with Gasteiger partial charge >= 0.3 is 0 Å². The third-order valence-corrected chi connectivity index (χ3v) is 3.79. The van der Waals surface area contributed by atoms with Gasteiger partial charge < -0.3 is 14.8 Å². The Hall–Kier alpha value is -1.13. The Morgan fingerprint density at radius 3 is 3.00 bits per heavy atom. The number of methoxy groups -OCH3 is 1. The molecule has 0 radical (unpaired) electrons. The largest absolute Gasteiger partial charge is 0.494 e. The summed E-state index contributed by atoms with van der Waals surface area (Å²) in [5.41, 5.74) is 0.702. The number of halogens is 1. The van der Waals surface area contributed by atoms with E-state index >= 15 is 0 Å². The van der Waals surface area contributed by atoms with Crippen molar-refractivity contribution in [3.8, 4) is 5.75 Å². The van der Waals surface area contributed by atoms with Crippen LogP contribution in [0.2, 0.25) is 0 Å². The van der Waals surface area contributed by atoms with Gasteiger partial charge in [0, 0.05) is 12.6 Å². The van der Waals surface area contributed by atoms with Gasteiger partial charge in [0.1, 0.15) is 0 Å². The Labute approximate surface area is 120 Å². The number of benzene rings is 1. The molecule has 0 bridgehead atoms. The molecule has 1 fully saturated rings. The molecule has 0 saturated carbocycles. The molecule has 112 valence electrons. The van der Waals surface area contributed by atoms with E-state index in [1.54, 1.807) is 6.07 Å². The zero-order valence-corrected chi connectivity index (χ0v) is 12.3. The highest BCUT2D eigenvalue weighted by molar-refractivity contribution is 5.31. The van der Waals surface area contributed by atoms with Gasteiger partial charge in [-0.2, -0.15) is 0 Å². The molecule has 2 unspecified atom stereocenters. The minimum absolute atomic E-state index is 0.240. The molecule has 1 aromatic carbocycles. The minimum Gasteiger partial charge on any atom is -0.494 e. The van der Waals surface area contributed by atoms with Crippen LogP contribution in [-0.4, -0.2) is 32.4 Å². The fraction of sp³-hybridized carbons (Fsp3) is 0.625. The Balaban J connectivity index is 2.03. The summed E-state index contributed by atoms with van der Waals surface area (Å²) in [5, 5.41) is 3.44. The maximum absolute atomic E-state index is 14.2. The lowest BCUT2D eigenvalue weighted by molar-refractivity contribution is 0.0946. The molecule has 1 heterocycles. The minimum atomic E-state index is -0.245. The topological polar surface area (TPSA) is 30.5 Å². The van der Waals surface area contributed by atoms with Crippen LogP contribution in [0, 0.1) is 5.82 Å². The summed E-state index contributed by atoms with van der Waals surface area (Å²) in [4.78, 5) is 0. The van der Waals surface area contributed by atoms with Crippen molar-refractivity contribution in [2.45, 2.75) is 44.8 Å². The van der Waals surface area contributed by atoms with Gasteiger partial charge in [0.2, 0.25) is 0 Å². The molecule has 0 aromatic heterocycles. The van der Waals surface area contributed by atoms with E-state index in [4.69, 9.17) is 9.47 Å². The van der Waals surface area contributed by atoms with E-state index in [0.717, 1.165) is 32.4 Å². The summed E-state index contributed by atoms with van der Waals surface area (Å²) in [5.74, 6) is 0.0695. The predicted molar refractivity (Wildman–Crippen MR) is 77.7 cm³/mol. The normalized spacial score (nSPS) is 20.1. The summed E-state index contributed by atoms with van der Waals surface area (Å²) in [7, 11) is 1.50. The van der Waals surface area contributed by atoms with Crippen molar-refractivity contribution in [3.63, 3.8) is 0 Å². The number of ether oxygens (including phenoxy) is 2. The summed E-state index contributed by atoms with van der Waals surface area (Å²) in [6.07, 6.45) is 4.16. The van der Waals surface area contributed by atoms with Gasteiger partial charge in [-0.25, -0.2) is 4.39 Å². The van der Waals surface area contributed by atoms with Gasteiger partial charge in [-0.1, -0.05) is 19.1 Å². The van der Waals surface area contributed by atoms with Crippen LogP contribution in [0.15, 0.2) is 18.2 Å². The Morgan fingerprint density at radius 1 is 1.50 bits per heavy atom. The van der Waals surface area contributed by atoms with E-state index in [9.17, 15) is 4.39 Å². The van der Waals surface area contributed by atoms with Crippen LogP contribution in [0.5, 0.6) is 5.75 Å². The van der Waals surface area contributed by atoms with E-state index in [1.807, 2.05) is 12.1 Å². The molecule has 1 N–H and O–H groups in total. The Kier molecular flexibility index (Phi) is 5.80. The standard InChI is InChI=1S/C16H24FNO2/c1-3-18-13(11-14-7-5-9-20-14)10-12-6-4-8-15(19-2)16(12)17/h4,6,8,13-14,18H,3,5,7,9-11H2,1-2H3. The Bertz CT molecular complexity index is 419. The van der Waals surface area contributed by atoms with Crippen LogP contribution in [-0.2, 0) is 11.2 Å². The maximum atomic E-state index is 14.2. The van der Waals surface area contributed by atoms with Crippen molar-refractivity contribution >= 4 is 0 Å². The van der Waals surface area contributed by atoms with Crippen LogP contribution in [0.3, 0.4) is 0 Å². The lowest BCUT2D eigenvalue weighted by atomic mass is 9.98. The van der Waals surface area contributed by atoms with E-state index in [1.165, 1.54) is 7.11 Å². The number of hydrogen-bond acceptors (Lipinski definition) is 3. The van der Waals surface area contributed by atoms with Crippen LogP contribution in [0.1, 0.15) is 31.7 Å². The zero-order valence-electron chi connectivity index (χ0n) is 12.3. The van der Waals surface area contributed by atoms with Gasteiger partial charge in [-0.05, 0) is 43.9 Å². The molecular formula is C16H24FNO2. The summed E-state index contributed by atoms with van der Waals surface area (Å²) in [6, 6.07) is 5.57. The smallest absolute Gasteiger partial charge is 0.168 e. The number of hydrogen-bond donors (Lipinski definition) is 1. The first-order valence-corrected chi connectivity index (χ1v) is 7.41. The SMILES string of the molecule is CCNC(Cc1cccc(OC)c1F)CC1CCCO1. The van der Waals surface area contributed by atoms with Crippen LogP contribution >= 0.6 is 0 Å². The van der Waals surface area contributed by atoms with Crippen molar-refractivity contribution in [1.82, 2.24) is 5.32 Å². The first kappa shape index (κ1) is 15.3. The number of nitrogens with one attached hydrogen (secondary N) is 1. The van der Waals surface area contributed by atoms with Gasteiger partial charge in [0.25, 0.3) is 0 Å². The lowest BCUT2D eigenvalue weighted by Crippen LogP contribution is -2.34. The zero-order chi connectivity index (χ0) is 14.4. The third kappa shape index (κ3) is 3.93. The molecule has 1 aliphatic heterocycles. The molecule has 20 heavy (non-hydrogen) atoms. The quantitative estimate of drug-likeness (QED) is 0.833. The first-order valence-electron chi connectivity index (χ1n) is 7.41. The van der Waals surface area contributed by atoms with E-state index in [-0.39, 0.29) is 11.9 Å². The molecular weight excluding hydrogens is 257 g/mol. The molecule has 0 amide bonds. The van der Waals surface area contributed by atoms with E-state index in [2.05, 4.69) is 12.2 Å². The highest BCUT2D eigenvalue weighted by atomic mass is 19.1.